The van der Waals surface area contributed by atoms with Crippen LogP contribution in [0.3, 0.4) is 0 Å². The molecule has 2 aromatic carbocycles. The lowest BCUT2D eigenvalue weighted by Crippen LogP contribution is -2.45. The lowest BCUT2D eigenvalue weighted by Gasteiger charge is -2.35. The second kappa shape index (κ2) is 7.98. The van der Waals surface area contributed by atoms with Crippen molar-refractivity contribution in [2.45, 2.75) is 31.4 Å². The Kier molecular flexibility index (Phi) is 5.22. The highest BCUT2D eigenvalue weighted by Crippen LogP contribution is 2.41. The number of aliphatic hydroxyl groups excluding tert-OH is 2. The maximum atomic E-state index is 12.5. The van der Waals surface area contributed by atoms with Crippen LogP contribution in [0.1, 0.15) is 35.2 Å². The monoisotopic (exact) mass is 411 g/mol. The Labute approximate surface area is 172 Å². The molecule has 2 aliphatic rings. The highest BCUT2D eigenvalue weighted by Gasteiger charge is 2.41. The van der Waals surface area contributed by atoms with Crippen LogP contribution in [0.2, 0.25) is 0 Å². The first-order valence-corrected chi connectivity index (χ1v) is 9.48. The number of amides is 1. The van der Waals surface area contributed by atoms with E-state index in [2.05, 4.69) is 5.32 Å². The molecular weight excluding hydrogens is 390 g/mol. The predicted octanol–water partition coefficient (Wildman–Crippen LogP) is 2.96. The topological polar surface area (TPSA) is 114 Å². The van der Waals surface area contributed by atoms with Gasteiger partial charge in [-0.05, 0) is 29.8 Å². The van der Waals surface area contributed by atoms with Gasteiger partial charge in [-0.3, -0.25) is 4.79 Å². The molecule has 2 aromatic rings. The Morgan fingerprint density at radius 3 is 2.50 bits per heavy atom. The average molecular weight is 411 g/mol. The molecule has 4 rings (SSSR count). The summed E-state index contributed by atoms with van der Waals surface area (Å²) in [5.41, 5.74) is 1.06. The van der Waals surface area contributed by atoms with E-state index in [0.29, 0.717) is 17.1 Å². The first-order chi connectivity index (χ1) is 14.4. The van der Waals surface area contributed by atoms with Gasteiger partial charge >= 0.3 is 5.97 Å². The standard InChI is InChI=1S/C22H21NO7/c1-12(24)23-19-15(14-7-8-16-17(9-14)29-11-28-16)10-18(20(25)21(19)26)30-22(27)13-5-3-2-4-6-13/h2-9,15,18-19,25-26H,10-11H2,1H3,(H,23,24)/t15-,18+,19-/m1/s1. The lowest BCUT2D eigenvalue weighted by molar-refractivity contribution is -0.120. The average Bonchev–Trinajstić information content (AvgIpc) is 3.21. The zero-order chi connectivity index (χ0) is 21.3. The van der Waals surface area contributed by atoms with E-state index >= 15 is 0 Å². The number of ether oxygens (including phenoxy) is 3. The van der Waals surface area contributed by atoms with E-state index in [1.807, 2.05) is 0 Å². The number of esters is 1. The predicted molar refractivity (Wildman–Crippen MR) is 105 cm³/mol. The van der Waals surface area contributed by atoms with E-state index in [1.54, 1.807) is 48.5 Å². The molecule has 1 aliphatic heterocycles. The molecule has 0 aromatic heterocycles. The Balaban J connectivity index is 1.65. The lowest BCUT2D eigenvalue weighted by atomic mass is 9.80. The number of fused-ring (bicyclic) bond motifs is 1. The van der Waals surface area contributed by atoms with Gasteiger partial charge in [-0.2, -0.15) is 0 Å². The number of carbonyl (C=O) groups excluding carboxylic acids is 2. The van der Waals surface area contributed by atoms with Crippen LogP contribution in [0.15, 0.2) is 60.0 Å². The van der Waals surface area contributed by atoms with E-state index in [9.17, 15) is 19.8 Å². The number of aliphatic hydroxyl groups is 2. The van der Waals surface area contributed by atoms with E-state index in [-0.39, 0.29) is 19.1 Å². The molecule has 8 heteroatoms. The van der Waals surface area contributed by atoms with Crippen LogP contribution in [0, 0.1) is 0 Å². The second-order valence-electron chi connectivity index (χ2n) is 7.16. The van der Waals surface area contributed by atoms with Crippen LogP contribution in [0.4, 0.5) is 0 Å². The fourth-order valence-corrected chi connectivity index (χ4v) is 3.73. The molecular formula is C22H21NO7. The molecule has 1 aliphatic carbocycles. The number of benzene rings is 2. The quantitative estimate of drug-likeness (QED) is 0.663. The number of rotatable bonds is 4. The Morgan fingerprint density at radius 2 is 1.77 bits per heavy atom. The molecule has 0 unspecified atom stereocenters. The van der Waals surface area contributed by atoms with Gasteiger partial charge in [0.15, 0.2) is 29.1 Å². The van der Waals surface area contributed by atoms with Gasteiger partial charge in [0, 0.05) is 19.3 Å². The molecule has 0 spiro atoms. The largest absolute Gasteiger partial charge is 0.507 e. The molecule has 1 amide bonds. The third-order valence-corrected chi connectivity index (χ3v) is 5.17. The molecule has 30 heavy (non-hydrogen) atoms. The Hall–Kier alpha value is -3.68. The van der Waals surface area contributed by atoms with Gasteiger partial charge in [0.1, 0.15) is 0 Å². The third-order valence-electron chi connectivity index (χ3n) is 5.17. The smallest absolute Gasteiger partial charge is 0.338 e. The summed E-state index contributed by atoms with van der Waals surface area (Å²) < 4.78 is 16.2. The molecule has 0 saturated carbocycles. The maximum Gasteiger partial charge on any atom is 0.338 e. The molecule has 1 heterocycles. The summed E-state index contributed by atoms with van der Waals surface area (Å²) >= 11 is 0. The zero-order valence-electron chi connectivity index (χ0n) is 16.2. The van der Waals surface area contributed by atoms with Crippen molar-refractivity contribution in [3.8, 4) is 11.5 Å². The summed E-state index contributed by atoms with van der Waals surface area (Å²) in [5.74, 6) is -1.24. The molecule has 0 saturated heterocycles. The van der Waals surface area contributed by atoms with Crippen molar-refractivity contribution in [2.75, 3.05) is 6.79 Å². The van der Waals surface area contributed by atoms with Gasteiger partial charge < -0.3 is 29.7 Å². The summed E-state index contributed by atoms with van der Waals surface area (Å²) in [6, 6.07) is 12.8. The molecule has 8 nitrogen and oxygen atoms in total. The van der Waals surface area contributed by atoms with Crippen LogP contribution >= 0.6 is 0 Å². The normalized spacial score (nSPS) is 22.5. The van der Waals surface area contributed by atoms with Crippen molar-refractivity contribution in [3.63, 3.8) is 0 Å². The van der Waals surface area contributed by atoms with Gasteiger partial charge in [0.05, 0.1) is 11.6 Å². The number of hydrogen-bond acceptors (Lipinski definition) is 7. The van der Waals surface area contributed by atoms with Crippen LogP contribution in [0.5, 0.6) is 11.5 Å². The van der Waals surface area contributed by atoms with Crippen molar-refractivity contribution >= 4 is 11.9 Å². The summed E-state index contributed by atoms with van der Waals surface area (Å²) in [5, 5.41) is 23.8. The third kappa shape index (κ3) is 3.76. The summed E-state index contributed by atoms with van der Waals surface area (Å²) in [4.78, 5) is 24.2. The van der Waals surface area contributed by atoms with Crippen molar-refractivity contribution < 1.29 is 34.0 Å². The van der Waals surface area contributed by atoms with E-state index in [4.69, 9.17) is 14.2 Å². The molecule has 3 N–H and O–H groups in total. The summed E-state index contributed by atoms with van der Waals surface area (Å²) in [6.07, 6.45) is -0.919. The Bertz CT molecular complexity index is 1000. The van der Waals surface area contributed by atoms with Gasteiger partial charge in [-0.15, -0.1) is 0 Å². The molecule has 156 valence electrons. The molecule has 3 atom stereocenters. The van der Waals surface area contributed by atoms with Gasteiger partial charge in [-0.25, -0.2) is 4.79 Å². The zero-order valence-corrected chi connectivity index (χ0v) is 16.2. The molecule has 0 fully saturated rings. The highest BCUT2D eigenvalue weighted by molar-refractivity contribution is 5.89. The first kappa shape index (κ1) is 19.6. The SMILES string of the molecule is CC(=O)N[C@H]1C(O)=C(O)[C@@H](OC(=O)c2ccccc2)C[C@@H]1c1ccc2c(c1)OCO2. The second-order valence-corrected chi connectivity index (χ2v) is 7.16. The Morgan fingerprint density at radius 1 is 1.03 bits per heavy atom. The minimum atomic E-state index is -1.07. The van der Waals surface area contributed by atoms with E-state index in [1.165, 1.54) is 6.92 Å². The highest BCUT2D eigenvalue weighted by atomic mass is 16.7. The van der Waals surface area contributed by atoms with Crippen LogP contribution < -0.4 is 14.8 Å². The minimum absolute atomic E-state index is 0.113. The van der Waals surface area contributed by atoms with E-state index < -0.39 is 35.6 Å². The molecule has 0 radical (unpaired) electrons. The van der Waals surface area contributed by atoms with Crippen LogP contribution in [0.25, 0.3) is 0 Å². The van der Waals surface area contributed by atoms with Crippen LogP contribution in [-0.2, 0) is 9.53 Å². The van der Waals surface area contributed by atoms with E-state index in [0.717, 1.165) is 5.56 Å². The summed E-state index contributed by atoms with van der Waals surface area (Å²) in [6.45, 7) is 1.43. The molecule has 0 bridgehead atoms. The fraction of sp³-hybridized carbons (Fsp3) is 0.273. The van der Waals surface area contributed by atoms with Crippen LogP contribution in [-0.4, -0.2) is 41.0 Å². The number of hydrogen-bond donors (Lipinski definition) is 3. The van der Waals surface area contributed by atoms with Gasteiger partial charge in [0.25, 0.3) is 0 Å². The van der Waals surface area contributed by atoms with Gasteiger partial charge in [-0.1, -0.05) is 24.3 Å². The minimum Gasteiger partial charge on any atom is -0.507 e. The van der Waals surface area contributed by atoms with Crippen molar-refractivity contribution in [1.82, 2.24) is 5.32 Å². The number of nitrogens with one attached hydrogen (secondary N) is 1. The van der Waals surface area contributed by atoms with Crippen molar-refractivity contribution in [1.29, 1.82) is 0 Å². The summed E-state index contributed by atoms with van der Waals surface area (Å²) in [7, 11) is 0. The first-order valence-electron chi connectivity index (χ1n) is 9.48. The van der Waals surface area contributed by atoms with Gasteiger partial charge in [0.2, 0.25) is 12.7 Å². The maximum absolute atomic E-state index is 12.5. The van der Waals surface area contributed by atoms with Crippen molar-refractivity contribution in [2.24, 2.45) is 0 Å². The van der Waals surface area contributed by atoms with Crippen molar-refractivity contribution in [3.05, 3.63) is 71.2 Å². The number of carbonyl (C=O) groups is 2. The fourth-order valence-electron chi connectivity index (χ4n) is 3.73.